The fourth-order valence-corrected chi connectivity index (χ4v) is 5.75. The topological polar surface area (TPSA) is 87.4 Å². The highest BCUT2D eigenvalue weighted by Crippen LogP contribution is 2.42. The van der Waals surface area contributed by atoms with Gasteiger partial charge in [0.15, 0.2) is 15.7 Å². The van der Waals surface area contributed by atoms with Crippen LogP contribution in [0.25, 0.3) is 22.0 Å². The minimum Gasteiger partial charge on any atom is -0.349 e. The average Bonchev–Trinajstić information content (AvgIpc) is 3.41. The molecule has 1 fully saturated rings. The number of hydrazine groups is 1. The molecule has 2 aliphatic rings. The molecule has 2 N–H and O–H groups in total. The van der Waals surface area contributed by atoms with E-state index in [9.17, 15) is 8.42 Å². The Hall–Kier alpha value is -3.08. The molecule has 34 heavy (non-hydrogen) atoms. The molecule has 2 aliphatic heterocycles. The fourth-order valence-electron chi connectivity index (χ4n) is 4.64. The highest BCUT2D eigenvalue weighted by molar-refractivity contribution is 8.00. The second-order valence-corrected chi connectivity index (χ2v) is 11.0. The zero-order valence-corrected chi connectivity index (χ0v) is 20.6. The number of rotatable bonds is 6. The molecule has 9 nitrogen and oxygen atoms in total. The van der Waals surface area contributed by atoms with Gasteiger partial charge >= 0.3 is 0 Å². The number of likely N-dealkylation sites (N-methyl/N-ethyl adjacent to an activating group) is 1. The number of benzene rings is 1. The van der Waals surface area contributed by atoms with Crippen molar-refractivity contribution in [2.24, 2.45) is 7.05 Å². The SMILES string of the molecule is CN1CCN(CCn2nc(-c3cccn3C)c3c2NNC(c2ccccc2)=C3S(C)(=O)=O)CC1. The number of anilines is 1. The van der Waals surface area contributed by atoms with Gasteiger partial charge in [-0.3, -0.25) is 15.8 Å². The van der Waals surface area contributed by atoms with Gasteiger partial charge in [0.25, 0.3) is 0 Å². The van der Waals surface area contributed by atoms with E-state index in [2.05, 4.69) is 27.7 Å². The molecule has 0 radical (unpaired) electrons. The Morgan fingerprint density at radius 1 is 0.941 bits per heavy atom. The van der Waals surface area contributed by atoms with Gasteiger partial charge in [-0.25, -0.2) is 13.1 Å². The van der Waals surface area contributed by atoms with Crippen LogP contribution in [-0.4, -0.2) is 78.6 Å². The van der Waals surface area contributed by atoms with Gasteiger partial charge in [-0.05, 0) is 19.2 Å². The van der Waals surface area contributed by atoms with Gasteiger partial charge in [-0.15, -0.1) is 0 Å². The van der Waals surface area contributed by atoms with Gasteiger partial charge in [0.1, 0.15) is 10.6 Å². The third-order valence-corrected chi connectivity index (χ3v) is 7.71. The quantitative estimate of drug-likeness (QED) is 0.556. The smallest absolute Gasteiger partial charge is 0.178 e. The molecule has 5 rings (SSSR count). The molecule has 0 saturated carbocycles. The number of sulfone groups is 1. The van der Waals surface area contributed by atoms with E-state index in [1.807, 2.05) is 65.0 Å². The maximum atomic E-state index is 13.2. The fraction of sp³-hybridized carbons (Fsp3) is 0.375. The molecular formula is C24H31N7O2S. The maximum absolute atomic E-state index is 13.2. The molecule has 180 valence electrons. The first-order chi connectivity index (χ1) is 16.3. The van der Waals surface area contributed by atoms with Crippen LogP contribution in [0, 0.1) is 0 Å². The summed E-state index contributed by atoms with van der Waals surface area (Å²) in [5.41, 5.74) is 9.90. The lowest BCUT2D eigenvalue weighted by Crippen LogP contribution is -2.45. The Labute approximate surface area is 200 Å². The van der Waals surface area contributed by atoms with E-state index in [-0.39, 0.29) is 4.91 Å². The van der Waals surface area contributed by atoms with Crippen LogP contribution in [-0.2, 0) is 23.4 Å². The number of aryl methyl sites for hydroxylation is 1. The Morgan fingerprint density at radius 3 is 2.32 bits per heavy atom. The number of piperazine rings is 1. The van der Waals surface area contributed by atoms with Crippen molar-refractivity contribution in [2.45, 2.75) is 6.54 Å². The van der Waals surface area contributed by atoms with Crippen LogP contribution in [0.2, 0.25) is 0 Å². The van der Waals surface area contributed by atoms with E-state index in [0.717, 1.165) is 44.0 Å². The van der Waals surface area contributed by atoms with Crippen LogP contribution in [0.3, 0.4) is 0 Å². The van der Waals surface area contributed by atoms with E-state index in [4.69, 9.17) is 5.10 Å². The number of fused-ring (bicyclic) bond motifs is 1. The number of aromatic nitrogens is 3. The predicted octanol–water partition coefficient (Wildman–Crippen LogP) is 1.94. The summed E-state index contributed by atoms with van der Waals surface area (Å²) in [5, 5.41) is 4.94. The van der Waals surface area contributed by atoms with Gasteiger partial charge < -0.3 is 9.47 Å². The monoisotopic (exact) mass is 481 g/mol. The van der Waals surface area contributed by atoms with Crippen molar-refractivity contribution in [3.05, 3.63) is 59.8 Å². The van der Waals surface area contributed by atoms with Crippen LogP contribution in [0.4, 0.5) is 5.82 Å². The second kappa shape index (κ2) is 8.94. The molecule has 0 bridgehead atoms. The van der Waals surface area contributed by atoms with E-state index in [0.29, 0.717) is 29.3 Å². The highest BCUT2D eigenvalue weighted by Gasteiger charge is 2.34. The number of nitrogens with zero attached hydrogens (tertiary/aromatic N) is 5. The van der Waals surface area contributed by atoms with E-state index in [1.54, 1.807) is 0 Å². The van der Waals surface area contributed by atoms with Gasteiger partial charge in [0.05, 0.1) is 23.5 Å². The van der Waals surface area contributed by atoms with Crippen molar-refractivity contribution in [2.75, 3.05) is 51.5 Å². The van der Waals surface area contributed by atoms with Gasteiger partial charge in [0, 0.05) is 57.8 Å². The van der Waals surface area contributed by atoms with Crippen molar-refractivity contribution in [1.82, 2.24) is 29.6 Å². The average molecular weight is 482 g/mol. The summed E-state index contributed by atoms with van der Waals surface area (Å²) in [6, 6.07) is 13.4. The first-order valence-corrected chi connectivity index (χ1v) is 13.4. The molecule has 0 amide bonds. The summed E-state index contributed by atoms with van der Waals surface area (Å²) in [7, 11) is 0.498. The largest absolute Gasteiger partial charge is 0.349 e. The van der Waals surface area contributed by atoms with Crippen LogP contribution in [0.15, 0.2) is 48.7 Å². The zero-order chi connectivity index (χ0) is 23.9. The van der Waals surface area contributed by atoms with Crippen molar-refractivity contribution >= 4 is 26.3 Å². The summed E-state index contributed by atoms with van der Waals surface area (Å²) in [6.07, 6.45) is 3.21. The van der Waals surface area contributed by atoms with Gasteiger partial charge in [-0.1, -0.05) is 30.3 Å². The summed E-state index contributed by atoms with van der Waals surface area (Å²) in [4.78, 5) is 5.02. The molecule has 3 aromatic rings. The van der Waals surface area contributed by atoms with Crippen molar-refractivity contribution < 1.29 is 8.42 Å². The van der Waals surface area contributed by atoms with Gasteiger partial charge in [0.2, 0.25) is 0 Å². The second-order valence-electron chi connectivity index (χ2n) is 9.04. The molecule has 0 atom stereocenters. The maximum Gasteiger partial charge on any atom is 0.178 e. The van der Waals surface area contributed by atoms with E-state index < -0.39 is 9.84 Å². The Bertz CT molecular complexity index is 1320. The van der Waals surface area contributed by atoms with E-state index in [1.165, 1.54) is 6.26 Å². The Kier molecular flexibility index (Phi) is 5.97. The lowest BCUT2D eigenvalue weighted by Gasteiger charge is -2.32. The number of hydrogen-bond acceptors (Lipinski definition) is 7. The minimum absolute atomic E-state index is 0.259. The minimum atomic E-state index is -3.59. The first-order valence-electron chi connectivity index (χ1n) is 11.5. The first kappa shape index (κ1) is 22.7. The van der Waals surface area contributed by atoms with Crippen LogP contribution < -0.4 is 10.9 Å². The third-order valence-electron chi connectivity index (χ3n) is 6.56. The normalized spacial score (nSPS) is 17.4. The number of nitrogens with one attached hydrogen (secondary N) is 2. The summed E-state index contributed by atoms with van der Waals surface area (Å²) in [5.74, 6) is 0.672. The van der Waals surface area contributed by atoms with Crippen LogP contribution in [0.1, 0.15) is 11.1 Å². The lowest BCUT2D eigenvalue weighted by molar-refractivity contribution is 0.149. The molecule has 0 spiro atoms. The molecule has 1 aromatic carbocycles. The van der Waals surface area contributed by atoms with Crippen molar-refractivity contribution in [3.63, 3.8) is 0 Å². The lowest BCUT2D eigenvalue weighted by atomic mass is 10.1. The van der Waals surface area contributed by atoms with Crippen LogP contribution in [0.5, 0.6) is 0 Å². The third kappa shape index (κ3) is 4.24. The summed E-state index contributed by atoms with van der Waals surface area (Å²) < 4.78 is 30.3. The van der Waals surface area contributed by atoms with Crippen molar-refractivity contribution in [1.29, 1.82) is 0 Å². The predicted molar refractivity (Wildman–Crippen MR) is 135 cm³/mol. The van der Waals surface area contributed by atoms with E-state index >= 15 is 0 Å². The molecule has 0 aliphatic carbocycles. The molecule has 10 heteroatoms. The zero-order valence-electron chi connectivity index (χ0n) is 19.8. The molecule has 2 aromatic heterocycles. The summed E-state index contributed by atoms with van der Waals surface area (Å²) in [6.45, 7) is 5.63. The van der Waals surface area contributed by atoms with Crippen LogP contribution >= 0.6 is 0 Å². The number of hydrogen-bond donors (Lipinski definition) is 2. The van der Waals surface area contributed by atoms with Crippen molar-refractivity contribution in [3.8, 4) is 11.4 Å². The Balaban J connectivity index is 1.63. The molecule has 1 saturated heterocycles. The highest BCUT2D eigenvalue weighted by atomic mass is 32.2. The molecule has 0 unspecified atom stereocenters. The van der Waals surface area contributed by atoms with Gasteiger partial charge in [-0.2, -0.15) is 5.10 Å². The standard InChI is InChI=1S/C24H31N7O2S/c1-28-12-14-30(15-13-28)16-17-31-24-20(22(27-31)19-10-7-11-29(19)2)23(34(3,32)33)21(25-26-24)18-8-5-4-6-9-18/h4-11,25-26H,12-17H2,1-3H3. The molecule has 4 heterocycles. The summed E-state index contributed by atoms with van der Waals surface area (Å²) >= 11 is 0. The molecular weight excluding hydrogens is 450 g/mol. The Morgan fingerprint density at radius 2 is 1.68 bits per heavy atom.